The maximum Gasteiger partial charge on any atom is 0.472 e. The molecule has 10 heteroatoms. The molecule has 0 aromatic carbocycles. The van der Waals surface area contributed by atoms with Gasteiger partial charge in [-0.25, -0.2) is 4.57 Å². The quantitative estimate of drug-likeness (QED) is 0.0353. The zero-order chi connectivity index (χ0) is 39.3. The van der Waals surface area contributed by atoms with Crippen molar-refractivity contribution in [1.29, 1.82) is 0 Å². The van der Waals surface area contributed by atoms with E-state index in [2.05, 4.69) is 13.8 Å². The van der Waals surface area contributed by atoms with Gasteiger partial charge in [0.05, 0.1) is 13.2 Å². The van der Waals surface area contributed by atoms with E-state index in [0.717, 1.165) is 32.1 Å². The number of rotatable bonds is 41. The number of esters is 2. The van der Waals surface area contributed by atoms with Crippen molar-refractivity contribution in [2.24, 2.45) is 5.73 Å². The molecule has 0 aliphatic heterocycles. The van der Waals surface area contributed by atoms with E-state index in [1.54, 1.807) is 13.8 Å². The van der Waals surface area contributed by atoms with Gasteiger partial charge in [-0.1, -0.05) is 194 Å². The summed E-state index contributed by atoms with van der Waals surface area (Å²) >= 11 is 0. The SMILES string of the molecule is CCCCCCCCCCCCCCCCCC(=O)OC[C@@H](COP(=O)(O)OCC(C)(C)N)OC(=O)CCCCCCCCCCCCCCCCC. The first kappa shape index (κ1) is 52.0. The van der Waals surface area contributed by atoms with Crippen LogP contribution in [-0.2, 0) is 32.7 Å². The zero-order valence-corrected chi connectivity index (χ0v) is 36.1. The van der Waals surface area contributed by atoms with Gasteiger partial charge in [0.25, 0.3) is 0 Å². The number of unbranched alkanes of at least 4 members (excludes halogenated alkanes) is 28. The molecule has 0 bridgehead atoms. The number of carbonyl (C=O) groups is 2. The fraction of sp³-hybridized carbons (Fsp3) is 0.953. The Morgan fingerprint density at radius 1 is 0.528 bits per heavy atom. The molecule has 0 radical (unpaired) electrons. The molecular formula is C43H86NO8P. The molecule has 0 saturated heterocycles. The van der Waals surface area contributed by atoms with Crippen molar-refractivity contribution in [2.45, 2.75) is 245 Å². The summed E-state index contributed by atoms with van der Waals surface area (Å²) in [7, 11) is -4.45. The predicted molar refractivity (Wildman–Crippen MR) is 220 cm³/mol. The van der Waals surface area contributed by atoms with E-state index >= 15 is 0 Å². The summed E-state index contributed by atoms with van der Waals surface area (Å²) in [6.45, 7) is 6.96. The molecule has 0 spiro atoms. The van der Waals surface area contributed by atoms with Crippen LogP contribution < -0.4 is 5.73 Å². The molecule has 0 aliphatic rings. The number of hydrogen-bond acceptors (Lipinski definition) is 8. The lowest BCUT2D eigenvalue weighted by atomic mass is 10.0. The van der Waals surface area contributed by atoms with Crippen LogP contribution in [0.2, 0.25) is 0 Å². The Kier molecular flexibility index (Phi) is 36.0. The van der Waals surface area contributed by atoms with Crippen molar-refractivity contribution in [1.82, 2.24) is 0 Å². The fourth-order valence-corrected chi connectivity index (χ4v) is 7.29. The van der Waals surface area contributed by atoms with E-state index in [-0.39, 0.29) is 32.0 Å². The summed E-state index contributed by atoms with van der Waals surface area (Å²) in [5.41, 5.74) is 5.02. The van der Waals surface area contributed by atoms with E-state index in [1.807, 2.05) is 0 Å². The van der Waals surface area contributed by atoms with Crippen LogP contribution in [0.3, 0.4) is 0 Å². The molecule has 316 valence electrons. The average Bonchev–Trinajstić information content (AvgIpc) is 3.11. The topological polar surface area (TPSA) is 134 Å². The summed E-state index contributed by atoms with van der Waals surface area (Å²) in [5, 5.41) is 0. The third-order valence-electron chi connectivity index (χ3n) is 9.72. The van der Waals surface area contributed by atoms with Crippen LogP contribution in [-0.4, -0.2) is 48.3 Å². The van der Waals surface area contributed by atoms with Gasteiger partial charge in [-0.3, -0.25) is 18.6 Å². The predicted octanol–water partition coefficient (Wildman–Crippen LogP) is 12.8. The molecule has 0 heterocycles. The highest BCUT2D eigenvalue weighted by Crippen LogP contribution is 2.43. The van der Waals surface area contributed by atoms with Crippen LogP contribution in [0.25, 0.3) is 0 Å². The monoisotopic (exact) mass is 776 g/mol. The smallest absolute Gasteiger partial charge is 0.462 e. The standard InChI is InChI=1S/C43H86NO8P/c1-5-7-9-11-13-15-17-19-21-23-25-27-29-31-33-35-41(45)49-37-40(38-50-53(47,48)51-39-43(3,4)44)52-42(46)36-34-32-30-28-26-24-22-20-18-16-14-12-10-8-6-2/h40H,5-39,44H2,1-4H3,(H,47,48)/t40-/m0/s1. The van der Waals surface area contributed by atoms with Gasteiger partial charge in [0.2, 0.25) is 0 Å². The average molecular weight is 776 g/mol. The van der Waals surface area contributed by atoms with Crippen molar-refractivity contribution in [3.05, 3.63) is 0 Å². The van der Waals surface area contributed by atoms with Crippen LogP contribution in [0.4, 0.5) is 0 Å². The van der Waals surface area contributed by atoms with Crippen molar-refractivity contribution < 1.29 is 37.6 Å². The Balaban J connectivity index is 4.25. The van der Waals surface area contributed by atoms with Crippen molar-refractivity contribution in [3.63, 3.8) is 0 Å². The van der Waals surface area contributed by atoms with E-state index < -0.39 is 32.0 Å². The first-order valence-electron chi connectivity index (χ1n) is 22.2. The van der Waals surface area contributed by atoms with Gasteiger partial charge in [0.15, 0.2) is 6.10 Å². The van der Waals surface area contributed by atoms with Gasteiger partial charge in [-0.05, 0) is 26.7 Å². The van der Waals surface area contributed by atoms with Crippen molar-refractivity contribution in [3.8, 4) is 0 Å². The molecule has 2 atom stereocenters. The Morgan fingerprint density at radius 2 is 0.849 bits per heavy atom. The van der Waals surface area contributed by atoms with Crippen LogP contribution in [0.15, 0.2) is 0 Å². The third-order valence-corrected chi connectivity index (χ3v) is 10.7. The number of phosphoric ester groups is 1. The second kappa shape index (κ2) is 36.6. The second-order valence-corrected chi connectivity index (χ2v) is 17.7. The first-order chi connectivity index (χ1) is 25.5. The Hall–Kier alpha value is -0.990. The zero-order valence-electron chi connectivity index (χ0n) is 35.2. The minimum Gasteiger partial charge on any atom is -0.462 e. The molecule has 0 amide bonds. The van der Waals surface area contributed by atoms with E-state index in [1.165, 1.54) is 154 Å². The molecule has 0 aromatic heterocycles. The van der Waals surface area contributed by atoms with Crippen LogP contribution in [0.5, 0.6) is 0 Å². The number of hydrogen-bond donors (Lipinski definition) is 2. The van der Waals surface area contributed by atoms with Crippen molar-refractivity contribution in [2.75, 3.05) is 19.8 Å². The van der Waals surface area contributed by atoms with Crippen LogP contribution >= 0.6 is 7.82 Å². The summed E-state index contributed by atoms with van der Waals surface area (Å²) in [6, 6.07) is 0. The van der Waals surface area contributed by atoms with Gasteiger partial charge in [-0.2, -0.15) is 0 Å². The molecule has 0 aliphatic carbocycles. The molecule has 0 saturated carbocycles. The maximum atomic E-state index is 12.6. The molecular weight excluding hydrogens is 689 g/mol. The van der Waals surface area contributed by atoms with Gasteiger partial charge in [0, 0.05) is 18.4 Å². The molecule has 0 fully saturated rings. The molecule has 9 nitrogen and oxygen atoms in total. The molecule has 0 aromatic rings. The lowest BCUT2D eigenvalue weighted by Crippen LogP contribution is -2.37. The number of phosphoric acid groups is 1. The van der Waals surface area contributed by atoms with Crippen LogP contribution in [0, 0.1) is 0 Å². The highest BCUT2D eigenvalue weighted by Gasteiger charge is 2.28. The lowest BCUT2D eigenvalue weighted by molar-refractivity contribution is -0.161. The minimum atomic E-state index is -4.45. The van der Waals surface area contributed by atoms with Gasteiger partial charge in [0.1, 0.15) is 6.61 Å². The van der Waals surface area contributed by atoms with E-state index in [4.69, 9.17) is 24.3 Å². The van der Waals surface area contributed by atoms with Gasteiger partial charge in [-0.15, -0.1) is 0 Å². The third kappa shape index (κ3) is 40.5. The normalized spacial score (nSPS) is 13.5. The Bertz CT molecular complexity index is 881. The number of nitrogens with two attached hydrogens (primary N) is 1. The highest BCUT2D eigenvalue weighted by molar-refractivity contribution is 7.47. The van der Waals surface area contributed by atoms with Crippen LogP contribution in [0.1, 0.15) is 233 Å². The van der Waals surface area contributed by atoms with Crippen molar-refractivity contribution >= 4 is 19.8 Å². The lowest BCUT2D eigenvalue weighted by Gasteiger charge is -2.22. The molecule has 0 rings (SSSR count). The first-order valence-corrected chi connectivity index (χ1v) is 23.7. The fourth-order valence-electron chi connectivity index (χ4n) is 6.36. The maximum absolute atomic E-state index is 12.6. The van der Waals surface area contributed by atoms with Gasteiger partial charge < -0.3 is 20.1 Å². The molecule has 1 unspecified atom stereocenters. The van der Waals surface area contributed by atoms with Gasteiger partial charge >= 0.3 is 19.8 Å². The van der Waals surface area contributed by atoms with E-state index in [0.29, 0.717) is 6.42 Å². The summed E-state index contributed by atoms with van der Waals surface area (Å²) in [6.07, 6.45) is 36.9. The summed E-state index contributed by atoms with van der Waals surface area (Å²) in [5.74, 6) is -0.819. The molecule has 53 heavy (non-hydrogen) atoms. The Morgan fingerprint density at radius 3 is 1.19 bits per heavy atom. The highest BCUT2D eigenvalue weighted by atomic mass is 31.2. The summed E-state index contributed by atoms with van der Waals surface area (Å²) < 4.78 is 33.4. The minimum absolute atomic E-state index is 0.196. The second-order valence-electron chi connectivity index (χ2n) is 16.2. The number of carbonyl (C=O) groups excluding carboxylic acids is 2. The number of ether oxygens (including phenoxy) is 2. The Labute approximate surface area is 327 Å². The van der Waals surface area contributed by atoms with E-state index in [9.17, 15) is 19.0 Å². The summed E-state index contributed by atoms with van der Waals surface area (Å²) in [4.78, 5) is 35.2. The largest absolute Gasteiger partial charge is 0.472 e. The molecule has 3 N–H and O–H groups in total.